The van der Waals surface area contributed by atoms with Gasteiger partial charge in [0.2, 0.25) is 5.91 Å². The van der Waals surface area contributed by atoms with Crippen molar-refractivity contribution in [1.82, 2.24) is 5.32 Å². The highest BCUT2D eigenvalue weighted by atomic mass is 16.4. The fourth-order valence-corrected chi connectivity index (χ4v) is 1.82. The van der Waals surface area contributed by atoms with Crippen LogP contribution in [0.3, 0.4) is 0 Å². The van der Waals surface area contributed by atoms with E-state index < -0.39 is 5.97 Å². The Morgan fingerprint density at radius 3 is 2.68 bits per heavy atom. The van der Waals surface area contributed by atoms with Crippen molar-refractivity contribution in [2.75, 3.05) is 0 Å². The van der Waals surface area contributed by atoms with E-state index in [1.807, 2.05) is 6.07 Å². The van der Waals surface area contributed by atoms with Crippen LogP contribution in [-0.4, -0.2) is 17.0 Å². The van der Waals surface area contributed by atoms with E-state index in [1.54, 1.807) is 18.2 Å². The predicted octanol–water partition coefficient (Wildman–Crippen LogP) is 2.97. The Bertz CT molecular complexity index is 429. The van der Waals surface area contributed by atoms with Crippen LogP contribution in [-0.2, 0) is 11.3 Å². The van der Waals surface area contributed by atoms with Crippen molar-refractivity contribution in [3.05, 3.63) is 35.4 Å². The van der Waals surface area contributed by atoms with Crippen molar-refractivity contribution in [2.24, 2.45) is 0 Å². The van der Waals surface area contributed by atoms with E-state index in [0.717, 1.165) is 31.2 Å². The van der Waals surface area contributed by atoms with Gasteiger partial charge in [-0.2, -0.15) is 0 Å². The maximum absolute atomic E-state index is 11.6. The van der Waals surface area contributed by atoms with E-state index in [1.165, 1.54) is 0 Å². The summed E-state index contributed by atoms with van der Waals surface area (Å²) in [6, 6.07) is 6.62. The third kappa shape index (κ3) is 6.04. The molecule has 0 atom stereocenters. The second-order valence-corrected chi connectivity index (χ2v) is 4.59. The minimum absolute atomic E-state index is 0.0248. The largest absolute Gasteiger partial charge is 0.478 e. The van der Waals surface area contributed by atoms with Crippen LogP contribution in [0.4, 0.5) is 0 Å². The molecule has 0 saturated heterocycles. The molecule has 0 radical (unpaired) electrons. The van der Waals surface area contributed by atoms with Gasteiger partial charge in [-0.1, -0.05) is 38.3 Å². The summed E-state index contributed by atoms with van der Waals surface area (Å²) in [6.07, 6.45) is 4.85. The van der Waals surface area contributed by atoms with Gasteiger partial charge in [0.25, 0.3) is 0 Å². The molecule has 0 fully saturated rings. The smallest absolute Gasteiger partial charge is 0.335 e. The lowest BCUT2D eigenvalue weighted by Gasteiger charge is -2.06. The zero-order valence-corrected chi connectivity index (χ0v) is 11.3. The second-order valence-electron chi connectivity index (χ2n) is 4.59. The maximum atomic E-state index is 11.6. The first-order chi connectivity index (χ1) is 9.13. The van der Waals surface area contributed by atoms with Gasteiger partial charge in [-0.05, 0) is 24.1 Å². The molecule has 104 valence electrons. The second kappa shape index (κ2) is 8.29. The van der Waals surface area contributed by atoms with Crippen molar-refractivity contribution in [3.63, 3.8) is 0 Å². The molecule has 0 unspecified atom stereocenters. The Kier molecular flexibility index (Phi) is 6.64. The molecule has 1 rings (SSSR count). The van der Waals surface area contributed by atoms with Crippen molar-refractivity contribution >= 4 is 11.9 Å². The molecule has 19 heavy (non-hydrogen) atoms. The molecule has 0 heterocycles. The van der Waals surface area contributed by atoms with E-state index in [2.05, 4.69) is 12.2 Å². The number of hydrogen-bond donors (Lipinski definition) is 2. The number of unbranched alkanes of at least 4 members (excludes halogenated alkanes) is 3. The molecule has 0 saturated carbocycles. The van der Waals surface area contributed by atoms with Crippen molar-refractivity contribution in [3.8, 4) is 0 Å². The number of rotatable bonds is 8. The van der Waals surface area contributed by atoms with Crippen molar-refractivity contribution in [1.29, 1.82) is 0 Å². The minimum atomic E-state index is -0.951. The average Bonchev–Trinajstić information content (AvgIpc) is 2.41. The number of benzene rings is 1. The molecule has 1 aromatic rings. The van der Waals surface area contributed by atoms with Crippen molar-refractivity contribution < 1.29 is 14.7 Å². The van der Waals surface area contributed by atoms with Crippen LogP contribution < -0.4 is 5.32 Å². The highest BCUT2D eigenvalue weighted by Gasteiger charge is 2.04. The number of amides is 1. The van der Waals surface area contributed by atoms with Crippen LogP contribution in [0.25, 0.3) is 0 Å². The molecule has 0 bridgehead atoms. The molecular weight excluding hydrogens is 242 g/mol. The normalized spacial score (nSPS) is 10.2. The minimum Gasteiger partial charge on any atom is -0.478 e. The quantitative estimate of drug-likeness (QED) is 0.709. The molecule has 0 aliphatic heterocycles. The molecule has 0 aliphatic carbocycles. The SMILES string of the molecule is CCCCCCC(=O)NCc1cccc(C(=O)O)c1. The summed E-state index contributed by atoms with van der Waals surface area (Å²) in [6.45, 7) is 2.52. The van der Waals surface area contributed by atoms with Gasteiger partial charge in [0.05, 0.1) is 5.56 Å². The number of carbonyl (C=O) groups is 2. The zero-order valence-electron chi connectivity index (χ0n) is 11.3. The van der Waals surface area contributed by atoms with Crippen LogP contribution in [0.5, 0.6) is 0 Å². The first-order valence-corrected chi connectivity index (χ1v) is 6.72. The van der Waals surface area contributed by atoms with Gasteiger partial charge < -0.3 is 10.4 Å². The number of carbonyl (C=O) groups excluding carboxylic acids is 1. The summed E-state index contributed by atoms with van der Waals surface area (Å²) in [5.41, 5.74) is 1.05. The van der Waals surface area contributed by atoms with E-state index in [4.69, 9.17) is 5.11 Å². The van der Waals surface area contributed by atoms with Gasteiger partial charge in [0.1, 0.15) is 0 Å². The topological polar surface area (TPSA) is 66.4 Å². The van der Waals surface area contributed by atoms with Crippen molar-refractivity contribution in [2.45, 2.75) is 45.6 Å². The Hall–Kier alpha value is -1.84. The molecule has 0 aromatic heterocycles. The number of carboxylic acid groups (broad SMARTS) is 1. The first kappa shape index (κ1) is 15.2. The third-order valence-electron chi connectivity index (χ3n) is 2.92. The highest BCUT2D eigenvalue weighted by molar-refractivity contribution is 5.87. The molecule has 4 nitrogen and oxygen atoms in total. The van der Waals surface area contributed by atoms with E-state index in [0.29, 0.717) is 13.0 Å². The van der Waals surface area contributed by atoms with Crippen LogP contribution in [0.2, 0.25) is 0 Å². The number of aromatic carboxylic acids is 1. The third-order valence-corrected chi connectivity index (χ3v) is 2.92. The summed E-state index contributed by atoms with van der Waals surface area (Å²) < 4.78 is 0. The zero-order chi connectivity index (χ0) is 14.1. The Balaban J connectivity index is 2.33. The monoisotopic (exact) mass is 263 g/mol. The average molecular weight is 263 g/mol. The van der Waals surface area contributed by atoms with E-state index in [-0.39, 0.29) is 11.5 Å². The molecule has 0 spiro atoms. The summed E-state index contributed by atoms with van der Waals surface area (Å²) in [4.78, 5) is 22.4. The Morgan fingerprint density at radius 1 is 1.21 bits per heavy atom. The molecule has 1 amide bonds. The molecule has 4 heteroatoms. The maximum Gasteiger partial charge on any atom is 0.335 e. The molecule has 1 aromatic carbocycles. The van der Waals surface area contributed by atoms with E-state index >= 15 is 0 Å². The number of nitrogens with one attached hydrogen (secondary N) is 1. The lowest BCUT2D eigenvalue weighted by molar-refractivity contribution is -0.121. The summed E-state index contributed by atoms with van der Waals surface area (Å²) in [5, 5.41) is 11.7. The predicted molar refractivity (Wildman–Crippen MR) is 74.0 cm³/mol. The van der Waals surface area contributed by atoms with Gasteiger partial charge in [0.15, 0.2) is 0 Å². The van der Waals surface area contributed by atoms with Crippen LogP contribution in [0, 0.1) is 0 Å². The van der Waals surface area contributed by atoms with Gasteiger partial charge >= 0.3 is 5.97 Å². The van der Waals surface area contributed by atoms with Gasteiger partial charge in [0, 0.05) is 13.0 Å². The van der Waals surface area contributed by atoms with Crippen LogP contribution in [0.15, 0.2) is 24.3 Å². The lowest BCUT2D eigenvalue weighted by atomic mass is 10.1. The fraction of sp³-hybridized carbons (Fsp3) is 0.467. The number of carboxylic acids is 1. The summed E-state index contributed by atoms with van der Waals surface area (Å²) in [5.74, 6) is -0.926. The van der Waals surface area contributed by atoms with E-state index in [9.17, 15) is 9.59 Å². The van der Waals surface area contributed by atoms with Gasteiger partial charge in [-0.3, -0.25) is 4.79 Å². The molecule has 0 aliphatic rings. The standard InChI is InChI=1S/C15H21NO3/c1-2-3-4-5-9-14(17)16-11-12-7-6-8-13(10-12)15(18)19/h6-8,10H,2-5,9,11H2,1H3,(H,16,17)(H,18,19). The lowest BCUT2D eigenvalue weighted by Crippen LogP contribution is -2.22. The summed E-state index contributed by atoms with van der Waals surface area (Å²) in [7, 11) is 0. The van der Waals surface area contributed by atoms with Gasteiger partial charge in [-0.15, -0.1) is 0 Å². The Labute approximate surface area is 113 Å². The number of hydrogen-bond acceptors (Lipinski definition) is 2. The summed E-state index contributed by atoms with van der Waals surface area (Å²) >= 11 is 0. The van der Waals surface area contributed by atoms with Gasteiger partial charge in [-0.25, -0.2) is 4.79 Å². The van der Waals surface area contributed by atoms with Crippen LogP contribution >= 0.6 is 0 Å². The first-order valence-electron chi connectivity index (χ1n) is 6.72. The molecule has 2 N–H and O–H groups in total. The fourth-order valence-electron chi connectivity index (χ4n) is 1.82. The Morgan fingerprint density at radius 2 is 2.00 bits per heavy atom. The highest BCUT2D eigenvalue weighted by Crippen LogP contribution is 2.06. The van der Waals surface area contributed by atoms with Crippen LogP contribution in [0.1, 0.15) is 54.9 Å². The molecular formula is C15H21NO3.